The summed E-state index contributed by atoms with van der Waals surface area (Å²) in [4.78, 5) is 22.9. The quantitative estimate of drug-likeness (QED) is 0.772. The lowest BCUT2D eigenvalue weighted by atomic mass is 10.1. The number of nitrogens with one attached hydrogen (secondary N) is 2. The van der Waals surface area contributed by atoms with Crippen LogP contribution in [0.3, 0.4) is 0 Å². The summed E-state index contributed by atoms with van der Waals surface area (Å²) in [6.07, 6.45) is 0.404. The van der Waals surface area contributed by atoms with Gasteiger partial charge in [-0.25, -0.2) is 0 Å². The number of carbonyl (C=O) groups excluding carboxylic acids is 2. The number of hydrogen-bond donors (Lipinski definition) is 2. The molecule has 0 unspecified atom stereocenters. The van der Waals surface area contributed by atoms with Crippen molar-refractivity contribution >= 4 is 17.4 Å². The second-order valence-electron chi connectivity index (χ2n) is 5.07. The minimum Gasteiger partial charge on any atom is -0.385 e. The van der Waals surface area contributed by atoms with Crippen molar-refractivity contribution in [3.8, 4) is 0 Å². The Balaban J connectivity index is 1.69. The van der Waals surface area contributed by atoms with Crippen LogP contribution in [-0.2, 0) is 11.3 Å². The number of amides is 1. The first-order valence-corrected chi connectivity index (χ1v) is 7.30. The lowest BCUT2D eigenvalue weighted by Gasteiger charge is -2.08. The molecule has 2 rings (SSSR count). The lowest BCUT2D eigenvalue weighted by Crippen LogP contribution is -2.24. The van der Waals surface area contributed by atoms with Crippen molar-refractivity contribution in [3.05, 3.63) is 65.7 Å². The first-order valence-electron chi connectivity index (χ1n) is 7.30. The van der Waals surface area contributed by atoms with Crippen LogP contribution in [0.4, 0.5) is 5.69 Å². The number of carbonyl (C=O) groups is 2. The van der Waals surface area contributed by atoms with Crippen LogP contribution in [0, 0.1) is 0 Å². The first-order chi connectivity index (χ1) is 10.6. The second-order valence-corrected chi connectivity index (χ2v) is 5.07. The molecular weight excluding hydrogens is 276 g/mol. The van der Waals surface area contributed by atoms with Crippen molar-refractivity contribution in [1.82, 2.24) is 5.32 Å². The van der Waals surface area contributed by atoms with E-state index in [9.17, 15) is 9.59 Å². The minimum absolute atomic E-state index is 0.0108. The molecule has 2 aromatic carbocycles. The van der Waals surface area contributed by atoms with Crippen molar-refractivity contribution in [3.63, 3.8) is 0 Å². The fourth-order valence-electron chi connectivity index (χ4n) is 2.03. The van der Waals surface area contributed by atoms with Gasteiger partial charge in [-0.05, 0) is 36.8 Å². The molecule has 0 aromatic heterocycles. The van der Waals surface area contributed by atoms with Crippen molar-refractivity contribution in [1.29, 1.82) is 0 Å². The van der Waals surface area contributed by atoms with Gasteiger partial charge in [0.2, 0.25) is 5.91 Å². The van der Waals surface area contributed by atoms with Crippen LogP contribution in [-0.4, -0.2) is 18.2 Å². The first kappa shape index (κ1) is 15.8. The largest absolute Gasteiger partial charge is 0.385 e. The summed E-state index contributed by atoms with van der Waals surface area (Å²) >= 11 is 0. The van der Waals surface area contributed by atoms with Gasteiger partial charge in [0.05, 0.1) is 0 Å². The highest BCUT2D eigenvalue weighted by molar-refractivity contribution is 5.94. The van der Waals surface area contributed by atoms with E-state index in [-0.39, 0.29) is 11.7 Å². The van der Waals surface area contributed by atoms with E-state index in [1.165, 1.54) is 0 Å². The number of hydrogen-bond acceptors (Lipinski definition) is 3. The third kappa shape index (κ3) is 5.05. The molecule has 4 nitrogen and oxygen atoms in total. The third-order valence-electron chi connectivity index (χ3n) is 3.31. The van der Waals surface area contributed by atoms with Gasteiger partial charge in [0.15, 0.2) is 5.78 Å². The molecule has 0 bridgehead atoms. The van der Waals surface area contributed by atoms with Crippen LogP contribution in [0.2, 0.25) is 0 Å². The van der Waals surface area contributed by atoms with Gasteiger partial charge in [0.1, 0.15) is 0 Å². The molecule has 0 saturated carbocycles. The highest BCUT2D eigenvalue weighted by Crippen LogP contribution is 2.09. The molecule has 0 fully saturated rings. The van der Waals surface area contributed by atoms with E-state index in [4.69, 9.17) is 0 Å². The number of benzene rings is 2. The van der Waals surface area contributed by atoms with Gasteiger partial charge in [0.25, 0.3) is 0 Å². The molecule has 2 aromatic rings. The molecule has 0 saturated heterocycles. The molecule has 0 aliphatic heterocycles. The van der Waals surface area contributed by atoms with Crippen molar-refractivity contribution in [2.24, 2.45) is 0 Å². The number of ketones is 1. The van der Waals surface area contributed by atoms with E-state index in [0.717, 1.165) is 11.3 Å². The molecule has 0 spiro atoms. The van der Waals surface area contributed by atoms with Gasteiger partial charge in [-0.3, -0.25) is 9.59 Å². The van der Waals surface area contributed by atoms with Gasteiger partial charge >= 0.3 is 0 Å². The molecule has 4 heteroatoms. The normalized spacial score (nSPS) is 10.0. The molecule has 1 amide bonds. The molecule has 0 atom stereocenters. The van der Waals surface area contributed by atoms with E-state index < -0.39 is 0 Å². The summed E-state index contributed by atoms with van der Waals surface area (Å²) in [5.74, 6) is 0.0588. The van der Waals surface area contributed by atoms with Crippen molar-refractivity contribution < 1.29 is 9.59 Å². The number of Topliss-reactive ketones (excluding diaryl/α,β-unsaturated/α-hetero) is 1. The van der Waals surface area contributed by atoms with Gasteiger partial charge in [0, 0.05) is 30.8 Å². The van der Waals surface area contributed by atoms with Gasteiger partial charge < -0.3 is 10.6 Å². The van der Waals surface area contributed by atoms with E-state index in [2.05, 4.69) is 10.6 Å². The fraction of sp³-hybridized carbons (Fsp3) is 0.222. The van der Waals surface area contributed by atoms with Crippen molar-refractivity contribution in [2.45, 2.75) is 19.9 Å². The van der Waals surface area contributed by atoms with E-state index in [0.29, 0.717) is 25.1 Å². The summed E-state index contributed by atoms with van der Waals surface area (Å²) in [7, 11) is 0. The molecule has 22 heavy (non-hydrogen) atoms. The van der Waals surface area contributed by atoms with Gasteiger partial charge in [-0.1, -0.05) is 30.3 Å². The maximum absolute atomic E-state index is 11.8. The predicted molar refractivity (Wildman–Crippen MR) is 87.8 cm³/mol. The zero-order valence-electron chi connectivity index (χ0n) is 12.6. The van der Waals surface area contributed by atoms with Crippen LogP contribution in [0.25, 0.3) is 0 Å². The van der Waals surface area contributed by atoms with Gasteiger partial charge in [-0.2, -0.15) is 0 Å². The van der Waals surface area contributed by atoms with Crippen molar-refractivity contribution in [2.75, 3.05) is 11.9 Å². The topological polar surface area (TPSA) is 58.2 Å². The number of rotatable bonds is 7. The summed E-state index contributed by atoms with van der Waals surface area (Å²) < 4.78 is 0. The average molecular weight is 296 g/mol. The molecule has 0 radical (unpaired) electrons. The maximum atomic E-state index is 11.8. The highest BCUT2D eigenvalue weighted by Gasteiger charge is 2.02. The molecular formula is C18H20N2O2. The van der Waals surface area contributed by atoms with E-state index >= 15 is 0 Å². The maximum Gasteiger partial charge on any atom is 0.222 e. The molecule has 0 aliphatic rings. The molecule has 114 valence electrons. The number of anilines is 1. The zero-order valence-corrected chi connectivity index (χ0v) is 12.6. The Kier molecular flexibility index (Phi) is 5.72. The van der Waals surface area contributed by atoms with Crippen LogP contribution in [0.5, 0.6) is 0 Å². The Bertz CT molecular complexity index is 621. The fourth-order valence-corrected chi connectivity index (χ4v) is 2.03. The summed E-state index contributed by atoms with van der Waals surface area (Å²) in [5, 5.41) is 6.05. The zero-order chi connectivity index (χ0) is 15.8. The van der Waals surface area contributed by atoms with Crippen LogP contribution < -0.4 is 10.6 Å². The smallest absolute Gasteiger partial charge is 0.222 e. The van der Waals surface area contributed by atoms with E-state index in [1.54, 1.807) is 19.1 Å². The predicted octanol–water partition coefficient (Wildman–Crippen LogP) is 3.01. The van der Waals surface area contributed by atoms with Gasteiger partial charge in [-0.15, -0.1) is 0 Å². The average Bonchev–Trinajstić information content (AvgIpc) is 2.54. The molecule has 0 aliphatic carbocycles. The molecule has 2 N–H and O–H groups in total. The van der Waals surface area contributed by atoms with Crippen LogP contribution in [0.15, 0.2) is 54.6 Å². The highest BCUT2D eigenvalue weighted by atomic mass is 16.1. The summed E-state index contributed by atoms with van der Waals surface area (Å²) in [5.41, 5.74) is 2.68. The van der Waals surface area contributed by atoms with E-state index in [1.807, 2.05) is 42.5 Å². The third-order valence-corrected chi connectivity index (χ3v) is 3.31. The van der Waals surface area contributed by atoms with Crippen LogP contribution in [0.1, 0.15) is 29.3 Å². The Morgan fingerprint density at radius 3 is 2.27 bits per heavy atom. The Labute approximate surface area is 130 Å². The lowest BCUT2D eigenvalue weighted by molar-refractivity contribution is -0.121. The second kappa shape index (κ2) is 7.98. The Hall–Kier alpha value is -2.62. The minimum atomic E-state index is 0.0108. The summed E-state index contributed by atoms with van der Waals surface area (Å²) in [6.45, 7) is 2.65. The summed E-state index contributed by atoms with van der Waals surface area (Å²) in [6, 6.07) is 17.1. The SMILES string of the molecule is CC(=O)c1ccc(NCCC(=O)NCc2ccccc2)cc1. The Morgan fingerprint density at radius 1 is 0.955 bits per heavy atom. The molecule has 0 heterocycles. The van der Waals surface area contributed by atoms with Crippen LogP contribution >= 0.6 is 0 Å². The Morgan fingerprint density at radius 2 is 1.64 bits per heavy atom. The monoisotopic (exact) mass is 296 g/mol. The standard InChI is InChI=1S/C18H20N2O2/c1-14(21)16-7-9-17(10-8-16)19-12-11-18(22)20-13-15-5-3-2-4-6-15/h2-10,19H,11-13H2,1H3,(H,20,22).